The lowest BCUT2D eigenvalue weighted by Crippen LogP contribution is -2.30. The van der Waals surface area contributed by atoms with Crippen LogP contribution in [0.2, 0.25) is 0 Å². The van der Waals surface area contributed by atoms with Crippen LogP contribution >= 0.6 is 31.9 Å². The SMILES string of the molecule is Cc1cc(Br)cc(C(Cc2c(F)ccc(Br)c2F)NN)c1. The summed E-state index contributed by atoms with van der Waals surface area (Å²) in [6, 6.07) is 7.97. The van der Waals surface area contributed by atoms with Gasteiger partial charge in [-0.2, -0.15) is 0 Å². The second-order valence-electron chi connectivity index (χ2n) is 4.81. The Labute approximate surface area is 139 Å². The average Bonchev–Trinajstić information content (AvgIpc) is 2.42. The Bertz CT molecular complexity index is 642. The Morgan fingerprint density at radius 3 is 2.52 bits per heavy atom. The lowest BCUT2D eigenvalue weighted by atomic mass is 9.97. The predicted octanol–water partition coefficient (Wildman–Crippen LogP) is 4.55. The fourth-order valence-corrected chi connectivity index (χ4v) is 3.20. The maximum absolute atomic E-state index is 14.1. The highest BCUT2D eigenvalue weighted by Gasteiger charge is 2.19. The van der Waals surface area contributed by atoms with Crippen LogP contribution in [0, 0.1) is 18.6 Å². The molecule has 0 aliphatic heterocycles. The van der Waals surface area contributed by atoms with Gasteiger partial charge < -0.3 is 0 Å². The molecule has 0 heterocycles. The normalized spacial score (nSPS) is 12.5. The highest BCUT2D eigenvalue weighted by atomic mass is 79.9. The van der Waals surface area contributed by atoms with Gasteiger partial charge in [0.2, 0.25) is 0 Å². The summed E-state index contributed by atoms with van der Waals surface area (Å²) in [7, 11) is 0. The summed E-state index contributed by atoms with van der Waals surface area (Å²) in [5.74, 6) is 4.39. The second kappa shape index (κ2) is 6.96. The number of nitrogens with two attached hydrogens (primary N) is 1. The van der Waals surface area contributed by atoms with Crippen molar-refractivity contribution in [2.24, 2.45) is 5.84 Å². The highest BCUT2D eigenvalue weighted by molar-refractivity contribution is 9.10. The van der Waals surface area contributed by atoms with E-state index in [9.17, 15) is 8.78 Å². The Morgan fingerprint density at radius 2 is 1.90 bits per heavy atom. The molecule has 2 aromatic rings. The third-order valence-electron chi connectivity index (χ3n) is 3.22. The molecule has 0 bridgehead atoms. The van der Waals surface area contributed by atoms with E-state index in [1.807, 2.05) is 25.1 Å². The minimum absolute atomic E-state index is 0.00459. The summed E-state index contributed by atoms with van der Waals surface area (Å²) in [6.45, 7) is 1.95. The van der Waals surface area contributed by atoms with E-state index >= 15 is 0 Å². The summed E-state index contributed by atoms with van der Waals surface area (Å²) in [5.41, 5.74) is 4.53. The number of halogens is 4. The van der Waals surface area contributed by atoms with Crippen LogP contribution in [0.5, 0.6) is 0 Å². The van der Waals surface area contributed by atoms with Crippen LogP contribution in [0.3, 0.4) is 0 Å². The van der Waals surface area contributed by atoms with Gasteiger partial charge in [-0.05, 0) is 64.7 Å². The lowest BCUT2D eigenvalue weighted by molar-refractivity contribution is 0.497. The van der Waals surface area contributed by atoms with Crippen molar-refractivity contribution in [3.05, 3.63) is 67.6 Å². The second-order valence-corrected chi connectivity index (χ2v) is 6.58. The molecule has 0 fully saturated rings. The Kier molecular flexibility index (Phi) is 5.48. The third-order valence-corrected chi connectivity index (χ3v) is 4.29. The predicted molar refractivity (Wildman–Crippen MR) is 86.7 cm³/mol. The minimum atomic E-state index is -0.595. The lowest BCUT2D eigenvalue weighted by Gasteiger charge is -2.18. The largest absolute Gasteiger partial charge is 0.271 e. The van der Waals surface area contributed by atoms with Gasteiger partial charge in [-0.1, -0.05) is 22.0 Å². The molecule has 3 N–H and O–H groups in total. The molecule has 6 heteroatoms. The molecular weight excluding hydrogens is 406 g/mol. The first-order valence-electron chi connectivity index (χ1n) is 6.28. The molecule has 112 valence electrons. The molecule has 21 heavy (non-hydrogen) atoms. The maximum Gasteiger partial charge on any atom is 0.143 e. The monoisotopic (exact) mass is 418 g/mol. The van der Waals surface area contributed by atoms with Crippen LogP contribution < -0.4 is 11.3 Å². The number of hydrazine groups is 1. The number of aryl methyl sites for hydroxylation is 1. The zero-order valence-corrected chi connectivity index (χ0v) is 14.4. The van der Waals surface area contributed by atoms with E-state index in [-0.39, 0.29) is 22.5 Å². The van der Waals surface area contributed by atoms with Gasteiger partial charge in [0.1, 0.15) is 11.6 Å². The van der Waals surface area contributed by atoms with Crippen LogP contribution in [0.15, 0.2) is 39.3 Å². The molecule has 1 unspecified atom stereocenters. The number of rotatable bonds is 4. The fourth-order valence-electron chi connectivity index (χ4n) is 2.20. The third kappa shape index (κ3) is 3.88. The van der Waals surface area contributed by atoms with E-state index in [0.717, 1.165) is 15.6 Å². The van der Waals surface area contributed by atoms with Gasteiger partial charge >= 0.3 is 0 Å². The molecule has 0 radical (unpaired) electrons. The highest BCUT2D eigenvalue weighted by Crippen LogP contribution is 2.28. The van der Waals surface area contributed by atoms with Gasteiger partial charge in [0.15, 0.2) is 0 Å². The smallest absolute Gasteiger partial charge is 0.143 e. The van der Waals surface area contributed by atoms with Gasteiger partial charge in [0, 0.05) is 10.0 Å². The molecule has 0 aromatic heterocycles. The molecule has 0 aliphatic carbocycles. The van der Waals surface area contributed by atoms with E-state index in [1.165, 1.54) is 12.1 Å². The van der Waals surface area contributed by atoms with E-state index in [1.54, 1.807) is 0 Å². The average molecular weight is 420 g/mol. The first-order valence-corrected chi connectivity index (χ1v) is 7.86. The number of nitrogens with one attached hydrogen (secondary N) is 1. The zero-order chi connectivity index (χ0) is 15.6. The maximum atomic E-state index is 14.1. The van der Waals surface area contributed by atoms with Crippen molar-refractivity contribution < 1.29 is 8.78 Å². The van der Waals surface area contributed by atoms with Crippen molar-refractivity contribution in [2.75, 3.05) is 0 Å². The number of hydrogen-bond donors (Lipinski definition) is 2. The van der Waals surface area contributed by atoms with Gasteiger partial charge in [-0.3, -0.25) is 11.3 Å². The van der Waals surface area contributed by atoms with Crippen LogP contribution in [0.1, 0.15) is 22.7 Å². The number of hydrogen-bond acceptors (Lipinski definition) is 2. The molecule has 0 aliphatic rings. The van der Waals surface area contributed by atoms with Gasteiger partial charge in [0.05, 0.1) is 10.5 Å². The Morgan fingerprint density at radius 1 is 1.19 bits per heavy atom. The Balaban J connectivity index is 2.38. The Hall–Kier alpha value is -0.820. The van der Waals surface area contributed by atoms with Crippen molar-refractivity contribution >= 4 is 31.9 Å². The summed E-state index contributed by atoms with van der Waals surface area (Å²) >= 11 is 6.48. The molecule has 2 rings (SSSR count). The van der Waals surface area contributed by atoms with Crippen molar-refractivity contribution in [3.63, 3.8) is 0 Å². The summed E-state index contributed by atoms with van der Waals surface area (Å²) in [4.78, 5) is 0. The van der Waals surface area contributed by atoms with Gasteiger partial charge in [-0.25, -0.2) is 8.78 Å². The van der Waals surface area contributed by atoms with E-state index in [2.05, 4.69) is 37.3 Å². The molecule has 0 saturated heterocycles. The molecule has 0 spiro atoms. The zero-order valence-electron chi connectivity index (χ0n) is 11.3. The fraction of sp³-hybridized carbons (Fsp3) is 0.200. The minimum Gasteiger partial charge on any atom is -0.271 e. The summed E-state index contributed by atoms with van der Waals surface area (Å²) < 4.78 is 29.1. The first kappa shape index (κ1) is 16.5. The van der Waals surface area contributed by atoms with Gasteiger partial charge in [-0.15, -0.1) is 0 Å². The van der Waals surface area contributed by atoms with E-state index in [4.69, 9.17) is 5.84 Å². The van der Waals surface area contributed by atoms with E-state index < -0.39 is 11.6 Å². The molecule has 1 atom stereocenters. The topological polar surface area (TPSA) is 38.0 Å². The van der Waals surface area contributed by atoms with E-state index in [0.29, 0.717) is 0 Å². The van der Waals surface area contributed by atoms with Crippen LogP contribution in [-0.4, -0.2) is 0 Å². The standard InChI is InChI=1S/C15H14Br2F2N2/c1-8-4-9(6-10(16)5-8)14(21-20)7-11-13(18)3-2-12(17)15(11)19/h2-6,14,21H,7,20H2,1H3. The van der Waals surface area contributed by atoms with Crippen molar-refractivity contribution in [2.45, 2.75) is 19.4 Å². The van der Waals surface area contributed by atoms with Crippen LogP contribution in [-0.2, 0) is 6.42 Å². The molecule has 0 amide bonds. The molecule has 2 nitrogen and oxygen atoms in total. The van der Waals surface area contributed by atoms with Crippen molar-refractivity contribution in [3.8, 4) is 0 Å². The van der Waals surface area contributed by atoms with Crippen molar-refractivity contribution in [1.29, 1.82) is 0 Å². The molecular formula is C15H14Br2F2N2. The van der Waals surface area contributed by atoms with Crippen LogP contribution in [0.25, 0.3) is 0 Å². The quantitative estimate of drug-likeness (QED) is 0.433. The molecule has 0 saturated carbocycles. The molecule has 2 aromatic carbocycles. The van der Waals surface area contributed by atoms with Crippen molar-refractivity contribution in [1.82, 2.24) is 5.43 Å². The van der Waals surface area contributed by atoms with Gasteiger partial charge in [0.25, 0.3) is 0 Å². The van der Waals surface area contributed by atoms with Crippen LogP contribution in [0.4, 0.5) is 8.78 Å². The first-order chi connectivity index (χ1) is 9.92. The summed E-state index contributed by atoms with van der Waals surface area (Å²) in [6.07, 6.45) is 0.115. The number of benzene rings is 2. The summed E-state index contributed by atoms with van der Waals surface area (Å²) in [5, 5.41) is 0.